The van der Waals surface area contributed by atoms with E-state index in [-0.39, 0.29) is 17.7 Å². The summed E-state index contributed by atoms with van der Waals surface area (Å²) >= 11 is 0. The zero-order valence-corrected chi connectivity index (χ0v) is 9.58. The number of carbonyl (C=O) groups is 1. The Morgan fingerprint density at radius 3 is 2.80 bits per heavy atom. The summed E-state index contributed by atoms with van der Waals surface area (Å²) < 4.78 is 5.56. The van der Waals surface area contributed by atoms with Crippen LogP contribution in [0.5, 0.6) is 0 Å². The van der Waals surface area contributed by atoms with E-state index in [9.17, 15) is 4.79 Å². The smallest absolute Gasteiger partial charge is 0.237 e. The predicted molar refractivity (Wildman–Crippen MR) is 57.4 cm³/mol. The molecule has 0 bridgehead atoms. The third kappa shape index (κ3) is 1.88. The van der Waals surface area contributed by atoms with E-state index in [2.05, 4.69) is 12.2 Å². The van der Waals surface area contributed by atoms with E-state index in [4.69, 9.17) is 4.74 Å². The molecule has 0 aromatic heterocycles. The molecule has 2 rings (SSSR count). The van der Waals surface area contributed by atoms with Crippen LogP contribution in [0, 0.1) is 0 Å². The van der Waals surface area contributed by atoms with Gasteiger partial charge < -0.3 is 9.64 Å². The van der Waals surface area contributed by atoms with Gasteiger partial charge in [0.1, 0.15) is 0 Å². The van der Waals surface area contributed by atoms with E-state index < -0.39 is 0 Å². The molecule has 1 atom stereocenters. The molecule has 4 heteroatoms. The highest BCUT2D eigenvalue weighted by Crippen LogP contribution is 2.36. The molecule has 0 radical (unpaired) electrons. The molecule has 2 aliphatic rings. The Morgan fingerprint density at radius 1 is 1.60 bits per heavy atom. The summed E-state index contributed by atoms with van der Waals surface area (Å²) in [7, 11) is 1.76. The van der Waals surface area contributed by atoms with Crippen LogP contribution < -0.4 is 5.32 Å². The second-order valence-electron chi connectivity index (χ2n) is 4.57. The van der Waals surface area contributed by atoms with Crippen molar-refractivity contribution in [2.45, 2.75) is 44.4 Å². The van der Waals surface area contributed by atoms with Crippen molar-refractivity contribution in [2.75, 3.05) is 20.2 Å². The van der Waals surface area contributed by atoms with Gasteiger partial charge in [0.25, 0.3) is 0 Å². The zero-order chi connectivity index (χ0) is 10.9. The lowest BCUT2D eigenvalue weighted by atomic mass is 9.79. The number of nitrogens with one attached hydrogen (secondary N) is 1. The van der Waals surface area contributed by atoms with Crippen LogP contribution in [0.25, 0.3) is 0 Å². The number of rotatable bonds is 4. The van der Waals surface area contributed by atoms with Crippen LogP contribution in [-0.2, 0) is 9.53 Å². The highest BCUT2D eigenvalue weighted by Gasteiger charge is 2.42. The van der Waals surface area contributed by atoms with Crippen molar-refractivity contribution in [1.29, 1.82) is 0 Å². The maximum atomic E-state index is 11.7. The number of amides is 1. The summed E-state index contributed by atoms with van der Waals surface area (Å²) in [5, 5.41) is 3.22. The van der Waals surface area contributed by atoms with Crippen LogP contribution in [0.4, 0.5) is 0 Å². The molecule has 1 saturated heterocycles. The third-order valence-electron chi connectivity index (χ3n) is 3.73. The molecule has 1 aliphatic heterocycles. The fraction of sp³-hybridized carbons (Fsp3) is 0.909. The van der Waals surface area contributed by atoms with Crippen molar-refractivity contribution in [2.24, 2.45) is 0 Å². The molecule has 0 spiro atoms. The van der Waals surface area contributed by atoms with E-state index in [1.54, 1.807) is 7.11 Å². The van der Waals surface area contributed by atoms with Gasteiger partial charge in [0, 0.05) is 7.11 Å². The molecular formula is C11H20N2O2. The highest BCUT2D eigenvalue weighted by molar-refractivity contribution is 5.80. The number of hydrogen-bond donors (Lipinski definition) is 1. The number of nitrogens with zero attached hydrogens (tertiary/aromatic N) is 1. The Morgan fingerprint density at radius 2 is 2.33 bits per heavy atom. The first-order chi connectivity index (χ1) is 7.21. The molecule has 0 aromatic carbocycles. The fourth-order valence-electron chi connectivity index (χ4n) is 2.46. The van der Waals surface area contributed by atoms with E-state index in [1.165, 1.54) is 6.42 Å². The van der Waals surface area contributed by atoms with Gasteiger partial charge in [0.05, 0.1) is 24.9 Å². The standard InChI is InChI=1S/C11H20N2O2/c1-3-9-12-7-10(14)13(9)8-11(15-2)5-4-6-11/h9,12H,3-8H2,1-2H3. The van der Waals surface area contributed by atoms with E-state index in [0.717, 1.165) is 25.8 Å². The number of carbonyl (C=O) groups excluding carboxylic acids is 1. The van der Waals surface area contributed by atoms with Gasteiger partial charge in [0.15, 0.2) is 0 Å². The van der Waals surface area contributed by atoms with Crippen LogP contribution in [0.2, 0.25) is 0 Å². The first-order valence-corrected chi connectivity index (χ1v) is 5.79. The van der Waals surface area contributed by atoms with Crippen molar-refractivity contribution in [3.05, 3.63) is 0 Å². The SMILES string of the molecule is CCC1NCC(=O)N1CC1(OC)CCC1. The Labute approximate surface area is 91.0 Å². The Bertz CT molecular complexity index is 245. The van der Waals surface area contributed by atoms with Crippen molar-refractivity contribution < 1.29 is 9.53 Å². The minimum absolute atomic E-state index is 0.0465. The van der Waals surface area contributed by atoms with Crippen molar-refractivity contribution >= 4 is 5.91 Å². The van der Waals surface area contributed by atoms with Crippen molar-refractivity contribution in [3.63, 3.8) is 0 Å². The summed E-state index contributed by atoms with van der Waals surface area (Å²) in [5.41, 5.74) is -0.0465. The monoisotopic (exact) mass is 212 g/mol. The lowest BCUT2D eigenvalue weighted by molar-refractivity contribution is -0.138. The zero-order valence-electron chi connectivity index (χ0n) is 9.58. The summed E-state index contributed by atoms with van der Waals surface area (Å²) in [4.78, 5) is 13.6. The predicted octanol–water partition coefficient (Wildman–Crippen LogP) is 0.723. The lowest BCUT2D eigenvalue weighted by Gasteiger charge is -2.44. The molecule has 1 aliphatic carbocycles. The van der Waals surface area contributed by atoms with Crippen LogP contribution in [0.3, 0.4) is 0 Å². The van der Waals surface area contributed by atoms with E-state index in [1.807, 2.05) is 4.90 Å². The molecule has 4 nitrogen and oxygen atoms in total. The maximum Gasteiger partial charge on any atom is 0.237 e. The first kappa shape index (κ1) is 10.9. The van der Waals surface area contributed by atoms with Crippen LogP contribution >= 0.6 is 0 Å². The van der Waals surface area contributed by atoms with Gasteiger partial charge in [-0.25, -0.2) is 0 Å². The average Bonchev–Trinajstić information content (AvgIpc) is 2.53. The molecule has 2 fully saturated rings. The lowest BCUT2D eigenvalue weighted by Crippen LogP contribution is -2.52. The summed E-state index contributed by atoms with van der Waals surface area (Å²) in [6, 6.07) is 0. The fourth-order valence-corrected chi connectivity index (χ4v) is 2.46. The third-order valence-corrected chi connectivity index (χ3v) is 3.73. The quantitative estimate of drug-likeness (QED) is 0.746. The van der Waals surface area contributed by atoms with Gasteiger partial charge in [-0.15, -0.1) is 0 Å². The van der Waals surface area contributed by atoms with Gasteiger partial charge in [-0.1, -0.05) is 6.92 Å². The van der Waals surface area contributed by atoms with Gasteiger partial charge in [-0.05, 0) is 25.7 Å². The Hall–Kier alpha value is -0.610. The average molecular weight is 212 g/mol. The van der Waals surface area contributed by atoms with Gasteiger partial charge in [-0.3, -0.25) is 10.1 Å². The molecule has 15 heavy (non-hydrogen) atoms. The van der Waals surface area contributed by atoms with Crippen LogP contribution in [0.15, 0.2) is 0 Å². The molecule has 1 N–H and O–H groups in total. The van der Waals surface area contributed by atoms with Crippen LogP contribution in [-0.4, -0.2) is 42.8 Å². The van der Waals surface area contributed by atoms with E-state index in [0.29, 0.717) is 6.54 Å². The highest BCUT2D eigenvalue weighted by atomic mass is 16.5. The molecule has 0 aromatic rings. The molecule has 1 saturated carbocycles. The van der Waals surface area contributed by atoms with Gasteiger partial charge >= 0.3 is 0 Å². The minimum Gasteiger partial charge on any atom is -0.376 e. The molecule has 1 amide bonds. The summed E-state index contributed by atoms with van der Waals surface area (Å²) in [6.45, 7) is 3.34. The Kier molecular flexibility index (Phi) is 2.98. The van der Waals surface area contributed by atoms with Crippen molar-refractivity contribution in [3.8, 4) is 0 Å². The second kappa shape index (κ2) is 4.10. The maximum absolute atomic E-state index is 11.7. The normalized spacial score (nSPS) is 29.3. The molecule has 1 heterocycles. The topological polar surface area (TPSA) is 41.6 Å². The summed E-state index contributed by atoms with van der Waals surface area (Å²) in [6.07, 6.45) is 4.57. The number of ether oxygens (including phenoxy) is 1. The molecule has 86 valence electrons. The first-order valence-electron chi connectivity index (χ1n) is 5.79. The largest absolute Gasteiger partial charge is 0.376 e. The number of methoxy groups -OCH3 is 1. The van der Waals surface area contributed by atoms with Gasteiger partial charge in [-0.2, -0.15) is 0 Å². The molecule has 1 unspecified atom stereocenters. The van der Waals surface area contributed by atoms with Crippen molar-refractivity contribution in [1.82, 2.24) is 10.2 Å². The van der Waals surface area contributed by atoms with Crippen LogP contribution in [0.1, 0.15) is 32.6 Å². The summed E-state index contributed by atoms with van der Waals surface area (Å²) in [5.74, 6) is 0.213. The number of hydrogen-bond acceptors (Lipinski definition) is 3. The van der Waals surface area contributed by atoms with E-state index >= 15 is 0 Å². The van der Waals surface area contributed by atoms with Gasteiger partial charge in [0.2, 0.25) is 5.91 Å². The minimum atomic E-state index is -0.0465. The molecular weight excluding hydrogens is 192 g/mol. The second-order valence-corrected chi connectivity index (χ2v) is 4.57. The Balaban J connectivity index is 1.99.